The largest absolute Gasteiger partial charge is 0.492 e. The lowest BCUT2D eigenvalue weighted by Crippen LogP contribution is -2.12. The minimum Gasteiger partial charge on any atom is -0.492 e. The van der Waals surface area contributed by atoms with Crippen molar-refractivity contribution < 1.29 is 9.26 Å². The Bertz CT molecular complexity index is 897. The van der Waals surface area contributed by atoms with Crippen LogP contribution < -0.4 is 4.74 Å². The van der Waals surface area contributed by atoms with E-state index < -0.39 is 0 Å². The molecule has 2 aromatic heterocycles. The molecule has 7 heteroatoms. The molecule has 1 aliphatic heterocycles. The van der Waals surface area contributed by atoms with Gasteiger partial charge in [0.2, 0.25) is 5.82 Å². The van der Waals surface area contributed by atoms with Gasteiger partial charge >= 0.3 is 0 Å². The molecule has 3 aromatic rings. The highest BCUT2D eigenvalue weighted by atomic mass is 16.5. The molecular formula is C19H21N5O2. The Labute approximate surface area is 151 Å². The molecule has 1 aromatic carbocycles. The van der Waals surface area contributed by atoms with Crippen LogP contribution >= 0.6 is 0 Å². The zero-order valence-corrected chi connectivity index (χ0v) is 14.7. The van der Waals surface area contributed by atoms with Gasteiger partial charge in [-0.25, -0.2) is 0 Å². The average Bonchev–Trinajstić information content (AvgIpc) is 3.52. The molecule has 2 fully saturated rings. The lowest BCUT2D eigenvalue weighted by atomic mass is 10.2. The summed E-state index contributed by atoms with van der Waals surface area (Å²) >= 11 is 0. The number of hydrogen-bond donors (Lipinski definition) is 0. The molecule has 134 valence electrons. The molecule has 0 bridgehead atoms. The summed E-state index contributed by atoms with van der Waals surface area (Å²) in [7, 11) is 1.85. The maximum atomic E-state index is 5.91. The van der Waals surface area contributed by atoms with Crippen molar-refractivity contribution in [3.05, 3.63) is 36.7 Å². The van der Waals surface area contributed by atoms with Crippen molar-refractivity contribution in [3.63, 3.8) is 0 Å². The standard InChI is InChI=1S/C19H21N5O2/c1-23-10-15(8-20-23)19-21-18(22-26-19)14-4-6-17(7-5-14)25-12-16-11-24(16)9-13-2-3-13/h4-8,10,13,16H,2-3,9,11-12H2,1H3. The Hall–Kier alpha value is -2.67. The van der Waals surface area contributed by atoms with Gasteiger partial charge in [0.05, 0.1) is 17.8 Å². The fourth-order valence-corrected chi connectivity index (χ4v) is 3.12. The number of benzene rings is 1. The number of hydrogen-bond acceptors (Lipinski definition) is 6. The van der Waals surface area contributed by atoms with E-state index in [0.717, 1.165) is 29.4 Å². The highest BCUT2D eigenvalue weighted by Gasteiger charge is 2.38. The zero-order valence-electron chi connectivity index (χ0n) is 14.7. The summed E-state index contributed by atoms with van der Waals surface area (Å²) in [6.45, 7) is 3.19. The van der Waals surface area contributed by atoms with Crippen molar-refractivity contribution in [3.8, 4) is 28.6 Å². The second-order valence-electron chi connectivity index (χ2n) is 7.21. The van der Waals surface area contributed by atoms with Crippen LogP contribution in [-0.4, -0.2) is 50.6 Å². The molecule has 1 aliphatic carbocycles. The van der Waals surface area contributed by atoms with E-state index in [9.17, 15) is 0 Å². The van der Waals surface area contributed by atoms with Gasteiger partial charge in [-0.15, -0.1) is 0 Å². The van der Waals surface area contributed by atoms with Crippen LogP contribution in [0.25, 0.3) is 22.8 Å². The number of aryl methyl sites for hydroxylation is 1. The number of aromatic nitrogens is 4. The van der Waals surface area contributed by atoms with Crippen molar-refractivity contribution in [1.82, 2.24) is 24.8 Å². The van der Waals surface area contributed by atoms with Crippen molar-refractivity contribution in [2.24, 2.45) is 13.0 Å². The summed E-state index contributed by atoms with van der Waals surface area (Å²) in [6.07, 6.45) is 6.37. The number of ether oxygens (including phenoxy) is 1. The van der Waals surface area contributed by atoms with Crippen LogP contribution in [0, 0.1) is 5.92 Å². The summed E-state index contributed by atoms with van der Waals surface area (Å²) in [5.74, 6) is 2.86. The first-order valence-electron chi connectivity index (χ1n) is 9.04. The Morgan fingerprint density at radius 1 is 1.19 bits per heavy atom. The van der Waals surface area contributed by atoms with Crippen molar-refractivity contribution in [1.29, 1.82) is 0 Å². The van der Waals surface area contributed by atoms with E-state index in [1.165, 1.54) is 25.9 Å². The highest BCUT2D eigenvalue weighted by Crippen LogP contribution is 2.33. The van der Waals surface area contributed by atoms with Gasteiger partial charge in [-0.05, 0) is 43.0 Å². The second kappa shape index (κ2) is 6.25. The van der Waals surface area contributed by atoms with E-state index in [2.05, 4.69) is 20.1 Å². The minimum absolute atomic E-state index is 0.470. The monoisotopic (exact) mass is 351 g/mol. The van der Waals surface area contributed by atoms with Crippen molar-refractivity contribution in [2.45, 2.75) is 18.9 Å². The molecular weight excluding hydrogens is 330 g/mol. The lowest BCUT2D eigenvalue weighted by molar-refractivity contribution is 0.292. The van der Waals surface area contributed by atoms with Gasteiger partial charge in [-0.1, -0.05) is 5.16 Å². The summed E-state index contributed by atoms with van der Waals surface area (Å²) < 4.78 is 13.0. The van der Waals surface area contributed by atoms with Gasteiger partial charge < -0.3 is 9.26 Å². The molecule has 26 heavy (non-hydrogen) atoms. The molecule has 0 amide bonds. The highest BCUT2D eigenvalue weighted by molar-refractivity contribution is 5.59. The first-order valence-corrected chi connectivity index (χ1v) is 9.04. The van der Waals surface area contributed by atoms with Gasteiger partial charge in [0.25, 0.3) is 5.89 Å². The van der Waals surface area contributed by atoms with Crippen molar-refractivity contribution >= 4 is 0 Å². The number of rotatable bonds is 7. The summed E-state index contributed by atoms with van der Waals surface area (Å²) in [5, 5.41) is 8.18. The van der Waals surface area contributed by atoms with E-state index in [0.29, 0.717) is 17.8 Å². The van der Waals surface area contributed by atoms with E-state index in [-0.39, 0.29) is 0 Å². The Morgan fingerprint density at radius 3 is 2.77 bits per heavy atom. The fraction of sp³-hybridized carbons (Fsp3) is 0.421. The molecule has 2 atom stereocenters. The first kappa shape index (κ1) is 15.6. The Kier molecular flexibility index (Phi) is 3.74. The van der Waals surface area contributed by atoms with Gasteiger partial charge in [0.1, 0.15) is 12.4 Å². The maximum Gasteiger partial charge on any atom is 0.261 e. The van der Waals surface area contributed by atoms with Gasteiger partial charge in [-0.2, -0.15) is 10.1 Å². The third-order valence-corrected chi connectivity index (χ3v) is 4.95. The van der Waals surface area contributed by atoms with E-state index >= 15 is 0 Å². The fourth-order valence-electron chi connectivity index (χ4n) is 3.12. The second-order valence-corrected chi connectivity index (χ2v) is 7.21. The summed E-state index contributed by atoms with van der Waals surface area (Å²) in [6, 6.07) is 8.44. The molecule has 5 rings (SSSR count). The third-order valence-electron chi connectivity index (χ3n) is 4.95. The zero-order chi connectivity index (χ0) is 17.5. The maximum absolute atomic E-state index is 5.91. The van der Waals surface area contributed by atoms with Crippen LogP contribution in [-0.2, 0) is 7.05 Å². The topological polar surface area (TPSA) is 69.0 Å². The molecule has 7 nitrogen and oxygen atoms in total. The molecule has 2 unspecified atom stereocenters. The van der Waals surface area contributed by atoms with Crippen LogP contribution in [0.5, 0.6) is 5.75 Å². The molecule has 1 saturated carbocycles. The van der Waals surface area contributed by atoms with Crippen LogP contribution in [0.1, 0.15) is 12.8 Å². The third kappa shape index (κ3) is 3.35. The van der Waals surface area contributed by atoms with Crippen LogP contribution in [0.4, 0.5) is 0 Å². The van der Waals surface area contributed by atoms with Crippen LogP contribution in [0.15, 0.2) is 41.2 Å². The van der Waals surface area contributed by atoms with Crippen LogP contribution in [0.2, 0.25) is 0 Å². The quantitative estimate of drug-likeness (QED) is 0.610. The smallest absolute Gasteiger partial charge is 0.261 e. The van der Waals surface area contributed by atoms with Gasteiger partial charge in [-0.3, -0.25) is 9.58 Å². The molecule has 3 heterocycles. The Morgan fingerprint density at radius 2 is 2.04 bits per heavy atom. The lowest BCUT2D eigenvalue weighted by Gasteiger charge is -2.06. The SMILES string of the molecule is Cn1cc(-c2nc(-c3ccc(OCC4CN4CC4CC4)cc3)no2)cn1. The van der Waals surface area contributed by atoms with Crippen molar-refractivity contribution in [2.75, 3.05) is 19.7 Å². The first-order chi connectivity index (χ1) is 12.7. The molecule has 0 spiro atoms. The normalized spacial score (nSPS) is 21.7. The summed E-state index contributed by atoms with van der Waals surface area (Å²) in [4.78, 5) is 6.95. The van der Waals surface area contributed by atoms with Gasteiger partial charge in [0.15, 0.2) is 0 Å². The molecule has 0 N–H and O–H groups in total. The van der Waals surface area contributed by atoms with E-state index in [1.807, 2.05) is 37.5 Å². The minimum atomic E-state index is 0.470. The molecule has 0 radical (unpaired) electrons. The van der Waals surface area contributed by atoms with Crippen LogP contribution in [0.3, 0.4) is 0 Å². The predicted octanol–water partition coefficient (Wildman–Crippen LogP) is 2.61. The summed E-state index contributed by atoms with van der Waals surface area (Å²) in [5.41, 5.74) is 1.71. The average molecular weight is 351 g/mol. The van der Waals surface area contributed by atoms with E-state index in [1.54, 1.807) is 10.9 Å². The Balaban J connectivity index is 1.19. The van der Waals surface area contributed by atoms with Gasteiger partial charge in [0, 0.05) is 31.9 Å². The van der Waals surface area contributed by atoms with E-state index in [4.69, 9.17) is 9.26 Å². The molecule has 1 saturated heterocycles. The molecule has 2 aliphatic rings. The predicted molar refractivity (Wildman–Crippen MR) is 95.5 cm³/mol. The number of nitrogens with zero attached hydrogens (tertiary/aromatic N) is 5.